The molecule has 1 aromatic carbocycles. The number of amides is 1. The van der Waals surface area contributed by atoms with Gasteiger partial charge in [0.25, 0.3) is 0 Å². The number of benzene rings is 1. The minimum absolute atomic E-state index is 0.0350. The molecule has 2 saturated heterocycles. The second kappa shape index (κ2) is 9.72. The van der Waals surface area contributed by atoms with Crippen molar-refractivity contribution in [2.24, 2.45) is 18.9 Å². The maximum Gasteiger partial charge on any atom is 0.229 e. The van der Waals surface area contributed by atoms with Gasteiger partial charge in [-0.05, 0) is 85.8 Å². The molecule has 1 saturated carbocycles. The van der Waals surface area contributed by atoms with Crippen molar-refractivity contribution in [1.29, 1.82) is 0 Å². The summed E-state index contributed by atoms with van der Waals surface area (Å²) in [6, 6.07) is 6.47. The highest BCUT2D eigenvalue weighted by Gasteiger charge is 2.54. The fourth-order valence-corrected chi connectivity index (χ4v) is 6.98. The van der Waals surface area contributed by atoms with E-state index in [2.05, 4.69) is 46.3 Å². The normalized spacial score (nSPS) is 30.1. The van der Waals surface area contributed by atoms with Gasteiger partial charge in [0.2, 0.25) is 5.91 Å². The van der Waals surface area contributed by atoms with Gasteiger partial charge in [0.15, 0.2) is 0 Å². The second-order valence-electron chi connectivity index (χ2n) is 11.8. The van der Waals surface area contributed by atoms with Gasteiger partial charge in [0, 0.05) is 36.7 Å². The number of piperidine rings is 1. The maximum atomic E-state index is 14.5. The predicted molar refractivity (Wildman–Crippen MR) is 146 cm³/mol. The number of ether oxygens (including phenoxy) is 1. The highest BCUT2D eigenvalue weighted by Crippen LogP contribution is 2.56. The molecule has 0 unspecified atom stereocenters. The smallest absolute Gasteiger partial charge is 0.229 e. The summed E-state index contributed by atoms with van der Waals surface area (Å²) in [4.78, 5) is 20.1. The van der Waals surface area contributed by atoms with Crippen LogP contribution in [0.15, 0.2) is 36.8 Å². The molecule has 0 spiro atoms. The lowest BCUT2D eigenvalue weighted by molar-refractivity contribution is -0.117. The molecule has 1 amide bonds. The van der Waals surface area contributed by atoms with Crippen LogP contribution in [0.2, 0.25) is 0 Å². The summed E-state index contributed by atoms with van der Waals surface area (Å²) in [6.07, 6.45) is 7.78. The summed E-state index contributed by atoms with van der Waals surface area (Å²) in [5, 5.41) is 9.55. The van der Waals surface area contributed by atoms with Gasteiger partial charge in [-0.1, -0.05) is 19.4 Å². The molecular weight excluding hydrogens is 481 g/mol. The average molecular weight is 520 g/mol. The van der Waals surface area contributed by atoms with Crippen molar-refractivity contribution in [2.45, 2.75) is 63.6 Å². The van der Waals surface area contributed by atoms with Crippen LogP contribution in [-0.2, 0) is 16.6 Å². The van der Waals surface area contributed by atoms with Crippen molar-refractivity contribution in [3.05, 3.63) is 53.5 Å². The number of hydrogen-bond acceptors (Lipinski definition) is 5. The van der Waals surface area contributed by atoms with E-state index in [-0.39, 0.29) is 24.3 Å². The molecule has 3 aromatic rings. The van der Waals surface area contributed by atoms with Crippen molar-refractivity contribution in [3.63, 3.8) is 0 Å². The predicted octanol–water partition coefficient (Wildman–Crippen LogP) is 4.96. The lowest BCUT2D eigenvalue weighted by atomic mass is 9.83. The largest absolute Gasteiger partial charge is 0.376 e. The molecule has 38 heavy (non-hydrogen) atoms. The minimum atomic E-state index is -0.925. The number of anilines is 1. The monoisotopic (exact) mass is 519 g/mol. The zero-order valence-corrected chi connectivity index (χ0v) is 22.8. The van der Waals surface area contributed by atoms with Crippen LogP contribution in [0.4, 0.5) is 10.2 Å². The van der Waals surface area contributed by atoms with Crippen LogP contribution in [0, 0.1) is 18.8 Å². The summed E-state index contributed by atoms with van der Waals surface area (Å²) < 4.78 is 21.8. The quantitative estimate of drug-likeness (QED) is 0.498. The second-order valence-corrected chi connectivity index (χ2v) is 11.8. The number of nitrogens with zero attached hydrogens (tertiary/aromatic N) is 4. The Morgan fingerprint density at radius 2 is 2.00 bits per heavy atom. The number of rotatable bonds is 6. The molecule has 8 heteroatoms. The minimum Gasteiger partial charge on any atom is -0.376 e. The number of carbonyl (C=O) groups is 1. The van der Waals surface area contributed by atoms with E-state index < -0.39 is 11.7 Å². The molecule has 1 N–H and O–H groups in total. The van der Waals surface area contributed by atoms with Gasteiger partial charge in [0.1, 0.15) is 12.0 Å². The highest BCUT2D eigenvalue weighted by atomic mass is 19.1. The number of fused-ring (bicyclic) bond motifs is 1. The van der Waals surface area contributed by atoms with E-state index in [4.69, 9.17) is 4.74 Å². The van der Waals surface area contributed by atoms with Crippen molar-refractivity contribution >= 4 is 22.5 Å². The van der Waals surface area contributed by atoms with E-state index in [1.54, 1.807) is 4.68 Å². The van der Waals surface area contributed by atoms with Crippen LogP contribution in [-0.4, -0.2) is 63.6 Å². The number of aryl methyl sites for hydroxylation is 2. The van der Waals surface area contributed by atoms with E-state index in [0.29, 0.717) is 24.3 Å². The Morgan fingerprint density at radius 3 is 2.66 bits per heavy atom. The van der Waals surface area contributed by atoms with Crippen LogP contribution in [0.5, 0.6) is 0 Å². The number of nitrogens with one attached hydrogen (secondary N) is 1. The van der Waals surface area contributed by atoms with Crippen LogP contribution in [0.1, 0.15) is 61.6 Å². The number of likely N-dealkylation sites (tertiary alicyclic amines) is 1. The summed E-state index contributed by atoms with van der Waals surface area (Å²) in [5.41, 5.74) is 3.23. The van der Waals surface area contributed by atoms with Crippen LogP contribution < -0.4 is 5.32 Å². The molecule has 1 aliphatic carbocycles. The van der Waals surface area contributed by atoms with Crippen LogP contribution in [0.3, 0.4) is 0 Å². The Morgan fingerprint density at radius 1 is 1.21 bits per heavy atom. The van der Waals surface area contributed by atoms with Gasteiger partial charge in [-0.2, -0.15) is 5.10 Å². The molecule has 5 atom stereocenters. The van der Waals surface area contributed by atoms with Crippen LogP contribution in [0.25, 0.3) is 10.8 Å². The first kappa shape index (κ1) is 25.4. The first-order valence-corrected chi connectivity index (χ1v) is 13.9. The van der Waals surface area contributed by atoms with E-state index in [0.717, 1.165) is 48.7 Å². The fraction of sp³-hybridized carbons (Fsp3) is 0.567. The van der Waals surface area contributed by atoms with E-state index in [9.17, 15) is 9.18 Å². The van der Waals surface area contributed by atoms with Gasteiger partial charge in [-0.3, -0.25) is 14.4 Å². The van der Waals surface area contributed by atoms with Crippen molar-refractivity contribution in [3.8, 4) is 0 Å². The third-order valence-corrected chi connectivity index (χ3v) is 9.40. The number of alkyl halides is 1. The Kier molecular flexibility index (Phi) is 6.51. The fourth-order valence-electron chi connectivity index (χ4n) is 6.98. The topological polar surface area (TPSA) is 72.3 Å². The van der Waals surface area contributed by atoms with Gasteiger partial charge in [0.05, 0.1) is 24.9 Å². The molecule has 6 rings (SSSR count). The Labute approximate surface area is 223 Å². The summed E-state index contributed by atoms with van der Waals surface area (Å²) in [5.74, 6) is 1.58. The maximum absolute atomic E-state index is 14.5. The first-order chi connectivity index (χ1) is 18.3. The SMILES string of the molecule is CC[C@H]1[C@H](C(=O)Nc2cc3cc(C4CCN([C@]5(C)COC[C@@H]5F)CC4)c(C)cc3cn2)[C@H]1c1cnn(C)c1. The molecule has 3 aliphatic rings. The van der Waals surface area contributed by atoms with Crippen molar-refractivity contribution < 1.29 is 13.9 Å². The van der Waals surface area contributed by atoms with Gasteiger partial charge >= 0.3 is 0 Å². The summed E-state index contributed by atoms with van der Waals surface area (Å²) >= 11 is 0. The zero-order valence-electron chi connectivity index (χ0n) is 22.8. The number of hydrogen-bond donors (Lipinski definition) is 1. The number of halogens is 1. The third-order valence-electron chi connectivity index (χ3n) is 9.40. The number of pyridine rings is 1. The van der Waals surface area contributed by atoms with E-state index >= 15 is 0 Å². The van der Waals surface area contributed by atoms with Crippen molar-refractivity contribution in [2.75, 3.05) is 31.6 Å². The highest BCUT2D eigenvalue weighted by molar-refractivity contribution is 5.97. The Bertz CT molecular complexity index is 1350. The molecule has 3 fully saturated rings. The summed E-state index contributed by atoms with van der Waals surface area (Å²) in [7, 11) is 1.91. The number of aromatic nitrogens is 3. The molecule has 0 radical (unpaired) electrons. The summed E-state index contributed by atoms with van der Waals surface area (Å²) in [6.45, 7) is 8.73. The zero-order chi connectivity index (χ0) is 26.6. The van der Waals surface area contributed by atoms with Gasteiger partial charge in [-0.15, -0.1) is 0 Å². The van der Waals surface area contributed by atoms with Gasteiger partial charge < -0.3 is 10.1 Å². The Hall–Kier alpha value is -2.84. The molecule has 202 valence electrons. The van der Waals surface area contributed by atoms with Gasteiger partial charge in [-0.25, -0.2) is 9.37 Å². The van der Waals surface area contributed by atoms with Crippen LogP contribution >= 0.6 is 0 Å². The standard InChI is InChI=1S/C30H38FN5O2/c1-5-23-27(22-14-33-35(4)15-22)28(23)29(37)34-26-12-20-11-24(18(2)10-21(20)13-32-26)19-6-8-36(9-7-19)30(3)17-38-16-25(30)31/h10-15,19,23,25,27-28H,5-9,16-17H2,1-4H3,(H,32,34,37)/t23-,25+,27+,28+,30-/m1/s1. The van der Waals surface area contributed by atoms with E-state index in [1.165, 1.54) is 11.1 Å². The molecule has 2 aromatic heterocycles. The first-order valence-electron chi connectivity index (χ1n) is 13.9. The third kappa shape index (κ3) is 4.41. The molecule has 2 aliphatic heterocycles. The average Bonchev–Trinajstić information content (AvgIpc) is 3.33. The molecule has 0 bridgehead atoms. The van der Waals surface area contributed by atoms with Crippen molar-refractivity contribution in [1.82, 2.24) is 19.7 Å². The molecule has 4 heterocycles. The Balaban J connectivity index is 1.16. The molecular formula is C30H38FN5O2. The van der Waals surface area contributed by atoms with E-state index in [1.807, 2.05) is 38.6 Å². The lowest BCUT2D eigenvalue weighted by Crippen LogP contribution is -2.55. The molecule has 7 nitrogen and oxygen atoms in total. The number of carbonyl (C=O) groups excluding carboxylic acids is 1. The lowest BCUT2D eigenvalue weighted by Gasteiger charge is -2.43.